The normalized spacial score (nSPS) is 21.1. The summed E-state index contributed by atoms with van der Waals surface area (Å²) in [6.45, 7) is 2.43. The van der Waals surface area contributed by atoms with Crippen LogP contribution in [0.2, 0.25) is 0 Å². The minimum atomic E-state index is -0.694. The average molecular weight is 436 g/mol. The first kappa shape index (κ1) is 21.9. The molecule has 32 heavy (non-hydrogen) atoms. The van der Waals surface area contributed by atoms with E-state index < -0.39 is 17.7 Å². The molecule has 0 aromatic heterocycles. The van der Waals surface area contributed by atoms with Gasteiger partial charge < -0.3 is 19.5 Å². The van der Waals surface area contributed by atoms with Crippen LogP contribution in [0.4, 0.5) is 0 Å². The second kappa shape index (κ2) is 9.47. The van der Waals surface area contributed by atoms with Crippen molar-refractivity contribution in [3.05, 3.63) is 65.2 Å². The van der Waals surface area contributed by atoms with Crippen molar-refractivity contribution < 1.29 is 24.2 Å². The summed E-state index contributed by atoms with van der Waals surface area (Å²) < 4.78 is 11.0. The minimum absolute atomic E-state index is 0.0410. The number of carbonyl (C=O) groups is 2. The van der Waals surface area contributed by atoms with Crippen molar-refractivity contribution >= 4 is 17.4 Å². The van der Waals surface area contributed by atoms with Gasteiger partial charge in [0.2, 0.25) is 0 Å². The second-order valence-electron chi connectivity index (χ2n) is 8.20. The number of rotatable bonds is 6. The van der Waals surface area contributed by atoms with Crippen LogP contribution < -0.4 is 9.47 Å². The molecule has 1 amide bonds. The number of amides is 1. The summed E-state index contributed by atoms with van der Waals surface area (Å²) in [4.78, 5) is 28.2. The molecule has 2 fully saturated rings. The Balaban J connectivity index is 1.85. The van der Waals surface area contributed by atoms with E-state index in [2.05, 4.69) is 0 Å². The lowest BCUT2D eigenvalue weighted by Gasteiger charge is -2.35. The zero-order chi connectivity index (χ0) is 22.7. The van der Waals surface area contributed by atoms with Crippen molar-refractivity contribution in [1.29, 1.82) is 0 Å². The van der Waals surface area contributed by atoms with Gasteiger partial charge in [-0.25, -0.2) is 0 Å². The molecule has 168 valence electrons. The van der Waals surface area contributed by atoms with Crippen LogP contribution in [0.15, 0.2) is 54.1 Å². The molecule has 2 aliphatic rings. The molecule has 1 saturated heterocycles. The Labute approximate surface area is 188 Å². The van der Waals surface area contributed by atoms with E-state index in [0.29, 0.717) is 29.2 Å². The summed E-state index contributed by atoms with van der Waals surface area (Å²) in [6.07, 6.45) is 4.87. The number of aliphatic hydroxyl groups is 1. The molecule has 6 heteroatoms. The molecule has 1 N–H and O–H groups in total. The lowest BCUT2D eigenvalue weighted by Crippen LogP contribution is -2.40. The summed E-state index contributed by atoms with van der Waals surface area (Å²) in [5.74, 6) is -0.135. The Morgan fingerprint density at radius 1 is 1.03 bits per heavy atom. The van der Waals surface area contributed by atoms with E-state index >= 15 is 0 Å². The first-order valence-electron chi connectivity index (χ1n) is 11.2. The van der Waals surface area contributed by atoms with E-state index in [4.69, 9.17) is 9.47 Å². The highest BCUT2D eigenvalue weighted by atomic mass is 16.5. The SMILES string of the molecule is CCOc1ccc(/C(O)=C2/C(=O)C(=O)N(C3CCCCC3)C2c2ccccc2OC)cc1. The molecule has 0 spiro atoms. The summed E-state index contributed by atoms with van der Waals surface area (Å²) in [6, 6.07) is 13.5. The largest absolute Gasteiger partial charge is 0.507 e. The van der Waals surface area contributed by atoms with Crippen LogP contribution in [-0.2, 0) is 9.59 Å². The van der Waals surface area contributed by atoms with Crippen molar-refractivity contribution in [3.8, 4) is 11.5 Å². The van der Waals surface area contributed by atoms with Gasteiger partial charge in [-0.2, -0.15) is 0 Å². The molecule has 0 radical (unpaired) electrons. The molecular formula is C26H29NO5. The fraction of sp³-hybridized carbons (Fsp3) is 0.385. The Morgan fingerprint density at radius 2 is 1.72 bits per heavy atom. The van der Waals surface area contributed by atoms with Crippen LogP contribution in [0.1, 0.15) is 56.2 Å². The number of methoxy groups -OCH3 is 1. The van der Waals surface area contributed by atoms with Crippen LogP contribution in [0.5, 0.6) is 11.5 Å². The maximum atomic E-state index is 13.3. The number of likely N-dealkylation sites (tertiary alicyclic amines) is 1. The third-order valence-corrected chi connectivity index (χ3v) is 6.32. The van der Waals surface area contributed by atoms with Crippen LogP contribution in [0.25, 0.3) is 5.76 Å². The van der Waals surface area contributed by atoms with Gasteiger partial charge in [0.05, 0.1) is 25.3 Å². The summed E-state index contributed by atoms with van der Waals surface area (Å²) in [7, 11) is 1.57. The van der Waals surface area contributed by atoms with Gasteiger partial charge >= 0.3 is 0 Å². The molecule has 6 nitrogen and oxygen atoms in total. The van der Waals surface area contributed by atoms with Gasteiger partial charge in [0.15, 0.2) is 0 Å². The van der Waals surface area contributed by atoms with E-state index in [0.717, 1.165) is 32.1 Å². The number of hydrogen-bond donors (Lipinski definition) is 1. The van der Waals surface area contributed by atoms with E-state index in [1.54, 1.807) is 36.3 Å². The Kier molecular flexibility index (Phi) is 6.49. The van der Waals surface area contributed by atoms with Crippen molar-refractivity contribution in [2.75, 3.05) is 13.7 Å². The maximum absolute atomic E-state index is 13.3. The van der Waals surface area contributed by atoms with Crippen molar-refractivity contribution in [2.24, 2.45) is 0 Å². The smallest absolute Gasteiger partial charge is 0.295 e. The van der Waals surface area contributed by atoms with E-state index in [-0.39, 0.29) is 17.4 Å². The van der Waals surface area contributed by atoms with Gasteiger partial charge in [-0.05, 0) is 50.1 Å². The molecule has 4 rings (SSSR count). The zero-order valence-corrected chi connectivity index (χ0v) is 18.5. The molecule has 1 aliphatic carbocycles. The lowest BCUT2D eigenvalue weighted by molar-refractivity contribution is -0.141. The maximum Gasteiger partial charge on any atom is 0.295 e. The molecule has 1 heterocycles. The van der Waals surface area contributed by atoms with Crippen molar-refractivity contribution in [1.82, 2.24) is 4.90 Å². The molecule has 1 unspecified atom stereocenters. The van der Waals surface area contributed by atoms with Gasteiger partial charge in [0, 0.05) is 17.2 Å². The quantitative estimate of drug-likeness (QED) is 0.399. The molecular weight excluding hydrogens is 406 g/mol. The fourth-order valence-corrected chi connectivity index (χ4v) is 4.81. The van der Waals surface area contributed by atoms with Crippen LogP contribution in [0, 0.1) is 0 Å². The van der Waals surface area contributed by atoms with Gasteiger partial charge in [-0.15, -0.1) is 0 Å². The zero-order valence-electron chi connectivity index (χ0n) is 18.5. The molecule has 1 saturated carbocycles. The standard InChI is InChI=1S/C26H29NO5/c1-3-32-19-15-13-17(14-16-19)24(28)22-23(20-11-7-8-12-21(20)31-2)27(26(30)25(22)29)18-9-5-4-6-10-18/h7-8,11-16,18,23,28H,3-6,9-10H2,1-2H3/b24-22-. The monoisotopic (exact) mass is 435 g/mol. The summed E-state index contributed by atoms with van der Waals surface area (Å²) >= 11 is 0. The Morgan fingerprint density at radius 3 is 2.38 bits per heavy atom. The van der Waals surface area contributed by atoms with Crippen molar-refractivity contribution in [3.63, 3.8) is 0 Å². The molecule has 2 aromatic carbocycles. The van der Waals surface area contributed by atoms with Crippen LogP contribution in [-0.4, -0.2) is 41.5 Å². The first-order valence-corrected chi connectivity index (χ1v) is 11.2. The number of para-hydroxylation sites is 1. The number of benzene rings is 2. The molecule has 2 aromatic rings. The number of hydrogen-bond acceptors (Lipinski definition) is 5. The third-order valence-electron chi connectivity index (χ3n) is 6.32. The number of ketones is 1. The summed E-state index contributed by atoms with van der Waals surface area (Å²) in [5, 5.41) is 11.2. The number of carbonyl (C=O) groups excluding carboxylic acids is 2. The van der Waals surface area contributed by atoms with E-state index in [1.165, 1.54) is 0 Å². The Bertz CT molecular complexity index is 1020. The topological polar surface area (TPSA) is 76.1 Å². The first-order chi connectivity index (χ1) is 15.6. The minimum Gasteiger partial charge on any atom is -0.507 e. The van der Waals surface area contributed by atoms with Crippen molar-refractivity contribution in [2.45, 2.75) is 51.1 Å². The molecule has 1 atom stereocenters. The van der Waals surface area contributed by atoms with E-state index in [9.17, 15) is 14.7 Å². The number of aliphatic hydroxyl groups excluding tert-OH is 1. The van der Waals surface area contributed by atoms with Crippen LogP contribution in [0.3, 0.4) is 0 Å². The summed E-state index contributed by atoms with van der Waals surface area (Å²) in [5.41, 5.74) is 1.27. The third kappa shape index (κ3) is 3.97. The van der Waals surface area contributed by atoms with Crippen LogP contribution >= 0.6 is 0 Å². The van der Waals surface area contributed by atoms with Gasteiger partial charge in [0.25, 0.3) is 11.7 Å². The number of nitrogens with zero attached hydrogens (tertiary/aromatic N) is 1. The second-order valence-corrected chi connectivity index (χ2v) is 8.20. The number of Topliss-reactive ketones (excluding diaryl/α,β-unsaturated/α-hetero) is 1. The Hall–Kier alpha value is -3.28. The highest BCUT2D eigenvalue weighted by Crippen LogP contribution is 2.45. The average Bonchev–Trinajstić information content (AvgIpc) is 3.10. The van der Waals surface area contributed by atoms with Gasteiger partial charge in [-0.3, -0.25) is 9.59 Å². The predicted molar refractivity (Wildman–Crippen MR) is 122 cm³/mol. The van der Waals surface area contributed by atoms with Gasteiger partial charge in [-0.1, -0.05) is 37.5 Å². The highest BCUT2D eigenvalue weighted by molar-refractivity contribution is 6.46. The predicted octanol–water partition coefficient (Wildman–Crippen LogP) is 4.85. The highest BCUT2D eigenvalue weighted by Gasteiger charge is 2.49. The molecule has 1 aliphatic heterocycles. The fourth-order valence-electron chi connectivity index (χ4n) is 4.81. The molecule has 0 bridgehead atoms. The lowest BCUT2D eigenvalue weighted by atomic mass is 9.90. The van der Waals surface area contributed by atoms with Gasteiger partial charge in [0.1, 0.15) is 17.3 Å². The van der Waals surface area contributed by atoms with E-state index in [1.807, 2.05) is 31.2 Å². The number of ether oxygens (including phenoxy) is 2.